The Balaban J connectivity index is 2.04. The summed E-state index contributed by atoms with van der Waals surface area (Å²) >= 11 is 0. The fourth-order valence-corrected chi connectivity index (χ4v) is 2.36. The Bertz CT molecular complexity index is 759. The van der Waals surface area contributed by atoms with Crippen molar-refractivity contribution in [3.63, 3.8) is 0 Å². The minimum absolute atomic E-state index is 0.259. The van der Waals surface area contributed by atoms with Crippen LogP contribution in [0, 0.1) is 13.8 Å². The summed E-state index contributed by atoms with van der Waals surface area (Å²) in [7, 11) is 1.61. The van der Waals surface area contributed by atoms with E-state index in [1.54, 1.807) is 7.11 Å². The van der Waals surface area contributed by atoms with Crippen molar-refractivity contribution in [2.45, 2.75) is 20.3 Å². The highest BCUT2D eigenvalue weighted by Crippen LogP contribution is 2.17. The van der Waals surface area contributed by atoms with Gasteiger partial charge in [0.15, 0.2) is 0 Å². The summed E-state index contributed by atoms with van der Waals surface area (Å²) in [4.78, 5) is 28.5. The van der Waals surface area contributed by atoms with Gasteiger partial charge in [0.1, 0.15) is 0 Å². The number of methoxy groups -OCH3 is 1. The first-order valence-electron chi connectivity index (χ1n) is 8.12. The minimum Gasteiger partial charge on any atom is -0.385 e. The van der Waals surface area contributed by atoms with Gasteiger partial charge in [-0.15, -0.1) is 0 Å². The highest BCUT2D eigenvalue weighted by atomic mass is 16.5. The van der Waals surface area contributed by atoms with Gasteiger partial charge in [0.2, 0.25) is 0 Å². The molecule has 2 aromatic rings. The molecule has 0 bridgehead atoms. The fraction of sp³-hybridized carbons (Fsp3) is 0.316. The van der Waals surface area contributed by atoms with Crippen LogP contribution in [0.3, 0.4) is 0 Å². The first-order valence-corrected chi connectivity index (χ1v) is 8.12. The largest absolute Gasteiger partial charge is 0.385 e. The summed E-state index contributed by atoms with van der Waals surface area (Å²) in [5.74, 6) is -0.557. The number of carbonyl (C=O) groups is 2. The monoisotopic (exact) mass is 341 g/mol. The molecule has 1 aromatic carbocycles. The average Bonchev–Trinajstić information content (AvgIpc) is 2.61. The number of aromatic nitrogens is 1. The molecule has 6 nitrogen and oxygen atoms in total. The van der Waals surface area contributed by atoms with Crippen molar-refractivity contribution < 1.29 is 14.3 Å². The van der Waals surface area contributed by atoms with E-state index in [9.17, 15) is 9.59 Å². The number of anilines is 1. The van der Waals surface area contributed by atoms with Gasteiger partial charge in [-0.3, -0.25) is 14.6 Å². The first-order chi connectivity index (χ1) is 12.0. The zero-order valence-electron chi connectivity index (χ0n) is 14.8. The predicted molar refractivity (Wildman–Crippen MR) is 96.9 cm³/mol. The summed E-state index contributed by atoms with van der Waals surface area (Å²) in [6.07, 6.45) is 3.61. The lowest BCUT2D eigenvalue weighted by Crippen LogP contribution is -2.25. The van der Waals surface area contributed by atoms with Crippen LogP contribution in [-0.2, 0) is 4.74 Å². The molecule has 0 unspecified atom stereocenters. The number of nitrogens with one attached hydrogen (secondary N) is 2. The zero-order chi connectivity index (χ0) is 18.2. The molecule has 6 heteroatoms. The molecule has 2 N–H and O–H groups in total. The van der Waals surface area contributed by atoms with E-state index in [2.05, 4.69) is 15.6 Å². The highest BCUT2D eigenvalue weighted by Gasteiger charge is 2.12. The van der Waals surface area contributed by atoms with Crippen molar-refractivity contribution in [1.82, 2.24) is 10.3 Å². The van der Waals surface area contributed by atoms with Gasteiger partial charge in [0.25, 0.3) is 11.8 Å². The molecule has 0 atom stereocenters. The van der Waals surface area contributed by atoms with Crippen molar-refractivity contribution in [2.75, 3.05) is 25.6 Å². The van der Waals surface area contributed by atoms with Crippen LogP contribution in [0.15, 0.2) is 36.7 Å². The molecule has 25 heavy (non-hydrogen) atoms. The predicted octanol–water partition coefficient (Wildman–Crippen LogP) is 2.72. The quantitative estimate of drug-likeness (QED) is 0.759. The molecule has 0 aliphatic heterocycles. The van der Waals surface area contributed by atoms with Gasteiger partial charge in [-0.25, -0.2) is 0 Å². The number of nitrogens with zero attached hydrogens (tertiary/aromatic N) is 1. The molecule has 0 fully saturated rings. The second kappa shape index (κ2) is 8.94. The Morgan fingerprint density at radius 3 is 2.48 bits per heavy atom. The summed E-state index contributed by atoms with van der Waals surface area (Å²) in [5.41, 5.74) is 3.54. The van der Waals surface area contributed by atoms with Gasteiger partial charge in [-0.2, -0.15) is 0 Å². The van der Waals surface area contributed by atoms with Crippen LogP contribution in [0.25, 0.3) is 0 Å². The number of rotatable bonds is 7. The second-order valence-corrected chi connectivity index (χ2v) is 5.84. The van der Waals surface area contributed by atoms with Crippen LogP contribution >= 0.6 is 0 Å². The summed E-state index contributed by atoms with van der Waals surface area (Å²) < 4.78 is 4.94. The van der Waals surface area contributed by atoms with Crippen molar-refractivity contribution in [3.05, 3.63) is 58.9 Å². The van der Waals surface area contributed by atoms with Gasteiger partial charge in [0, 0.05) is 38.3 Å². The lowest BCUT2D eigenvalue weighted by atomic mass is 10.1. The number of ether oxygens (including phenoxy) is 1. The maximum Gasteiger partial charge on any atom is 0.257 e. The van der Waals surface area contributed by atoms with E-state index < -0.39 is 0 Å². The second-order valence-electron chi connectivity index (χ2n) is 5.84. The molecular weight excluding hydrogens is 318 g/mol. The maximum atomic E-state index is 12.4. The van der Waals surface area contributed by atoms with Gasteiger partial charge in [-0.1, -0.05) is 17.7 Å². The lowest BCUT2D eigenvalue weighted by Gasteiger charge is -2.10. The van der Waals surface area contributed by atoms with E-state index in [0.717, 1.165) is 23.2 Å². The summed E-state index contributed by atoms with van der Waals surface area (Å²) in [5, 5.41) is 5.63. The van der Waals surface area contributed by atoms with Crippen molar-refractivity contribution >= 4 is 17.5 Å². The van der Waals surface area contributed by atoms with Gasteiger partial charge in [-0.05, 0) is 38.0 Å². The molecule has 132 valence electrons. The smallest absolute Gasteiger partial charge is 0.257 e. The summed E-state index contributed by atoms with van der Waals surface area (Å²) in [6, 6.07) is 7.34. The third-order valence-corrected chi connectivity index (χ3v) is 3.70. The molecule has 0 aliphatic rings. The Morgan fingerprint density at radius 1 is 1.08 bits per heavy atom. The molecule has 1 heterocycles. The van der Waals surface area contributed by atoms with Crippen molar-refractivity contribution in [3.8, 4) is 0 Å². The van der Waals surface area contributed by atoms with E-state index in [0.29, 0.717) is 24.3 Å². The van der Waals surface area contributed by atoms with Crippen LogP contribution in [0.2, 0.25) is 0 Å². The molecule has 1 aromatic heterocycles. The first kappa shape index (κ1) is 18.6. The highest BCUT2D eigenvalue weighted by molar-refractivity contribution is 6.06. The van der Waals surface area contributed by atoms with Crippen LogP contribution in [0.4, 0.5) is 5.69 Å². The fourth-order valence-electron chi connectivity index (χ4n) is 2.36. The zero-order valence-corrected chi connectivity index (χ0v) is 14.8. The number of benzene rings is 1. The van der Waals surface area contributed by atoms with Gasteiger partial charge < -0.3 is 15.4 Å². The Hall–Kier alpha value is -2.73. The molecule has 0 saturated carbocycles. The van der Waals surface area contributed by atoms with Crippen molar-refractivity contribution in [2.24, 2.45) is 0 Å². The summed E-state index contributed by atoms with van der Waals surface area (Å²) in [6.45, 7) is 5.02. The van der Waals surface area contributed by atoms with E-state index in [4.69, 9.17) is 4.74 Å². The van der Waals surface area contributed by atoms with Gasteiger partial charge in [0.05, 0.1) is 11.1 Å². The average molecular weight is 341 g/mol. The number of pyridine rings is 1. The Kier molecular flexibility index (Phi) is 6.65. The number of amides is 2. The molecule has 0 spiro atoms. The molecule has 2 amide bonds. The standard InChI is InChI=1S/C19H23N3O3/c1-13-5-6-17(14(2)9-13)22-19(24)16-10-15(11-20-12-16)18(23)21-7-4-8-25-3/h5-6,9-12H,4,7-8H2,1-3H3,(H,21,23)(H,22,24). The molecule has 0 aliphatic carbocycles. The SMILES string of the molecule is COCCCNC(=O)c1cncc(C(=O)Nc2ccc(C)cc2C)c1. The number of hydrogen-bond donors (Lipinski definition) is 2. The number of hydrogen-bond acceptors (Lipinski definition) is 4. The van der Waals surface area contributed by atoms with Crippen LogP contribution in [-0.4, -0.2) is 37.1 Å². The van der Waals surface area contributed by atoms with E-state index >= 15 is 0 Å². The van der Waals surface area contributed by atoms with Gasteiger partial charge >= 0.3 is 0 Å². The minimum atomic E-state index is -0.298. The number of carbonyl (C=O) groups excluding carboxylic acids is 2. The molecule has 0 radical (unpaired) electrons. The van der Waals surface area contributed by atoms with Crippen LogP contribution in [0.5, 0.6) is 0 Å². The third kappa shape index (κ3) is 5.39. The van der Waals surface area contributed by atoms with E-state index in [1.807, 2.05) is 32.0 Å². The van der Waals surface area contributed by atoms with Crippen molar-refractivity contribution in [1.29, 1.82) is 0 Å². The molecule has 0 saturated heterocycles. The molecule has 2 rings (SSSR count). The topological polar surface area (TPSA) is 80.3 Å². The Morgan fingerprint density at radius 2 is 1.80 bits per heavy atom. The Labute approximate surface area is 147 Å². The third-order valence-electron chi connectivity index (χ3n) is 3.70. The van der Waals surface area contributed by atoms with Crippen LogP contribution in [0.1, 0.15) is 38.3 Å². The lowest BCUT2D eigenvalue weighted by molar-refractivity contribution is 0.0948. The molecular formula is C19H23N3O3. The normalized spacial score (nSPS) is 10.4. The maximum absolute atomic E-state index is 12.4. The number of aryl methyl sites for hydroxylation is 2. The van der Waals surface area contributed by atoms with E-state index in [-0.39, 0.29) is 11.8 Å². The van der Waals surface area contributed by atoms with E-state index in [1.165, 1.54) is 18.5 Å². The van der Waals surface area contributed by atoms with Crippen LogP contribution < -0.4 is 10.6 Å².